The molecule has 1 aromatic carbocycles. The minimum Gasteiger partial charge on any atom is -0.414 e. The molecule has 25 heavy (non-hydrogen) atoms. The fourth-order valence-corrected chi connectivity index (χ4v) is 5.05. The molecule has 0 heterocycles. The summed E-state index contributed by atoms with van der Waals surface area (Å²) in [6, 6.07) is 7.68. The van der Waals surface area contributed by atoms with Crippen molar-refractivity contribution in [3.05, 3.63) is 29.8 Å². The summed E-state index contributed by atoms with van der Waals surface area (Å²) in [5.74, 6) is 0.306. The van der Waals surface area contributed by atoms with Crippen LogP contribution in [0.1, 0.15) is 52.5 Å². The molecule has 144 valence electrons. The van der Waals surface area contributed by atoms with Gasteiger partial charge in [-0.15, -0.1) is 0 Å². The van der Waals surface area contributed by atoms with Crippen LogP contribution in [0.15, 0.2) is 29.2 Å². The van der Waals surface area contributed by atoms with Crippen LogP contribution in [-0.4, -0.2) is 35.6 Å². The smallest absolute Gasteiger partial charge is 0.192 e. The molecular weight excluding hydrogens is 348 g/mol. The SMILES string of the molecule is Cc1ccc([S@](=O)C[C@H](O)CCC[C@H](C)O[Si](C)(C)C(C)(C)C)cc1. The van der Waals surface area contributed by atoms with Gasteiger partial charge in [0.2, 0.25) is 0 Å². The third kappa shape index (κ3) is 7.73. The van der Waals surface area contributed by atoms with Gasteiger partial charge in [0.05, 0.1) is 22.7 Å². The average molecular weight is 385 g/mol. The molecule has 0 saturated carbocycles. The van der Waals surface area contributed by atoms with Crippen molar-refractivity contribution in [1.29, 1.82) is 0 Å². The fourth-order valence-electron chi connectivity index (χ4n) is 2.42. The molecule has 0 unspecified atom stereocenters. The molecule has 0 radical (unpaired) electrons. The Labute approximate surface area is 157 Å². The molecule has 5 heteroatoms. The van der Waals surface area contributed by atoms with E-state index in [4.69, 9.17) is 4.43 Å². The van der Waals surface area contributed by atoms with Gasteiger partial charge in [-0.05, 0) is 63.4 Å². The highest BCUT2D eigenvalue weighted by atomic mass is 32.2. The number of hydrogen-bond donors (Lipinski definition) is 1. The molecule has 0 aromatic heterocycles. The van der Waals surface area contributed by atoms with Gasteiger partial charge in [-0.2, -0.15) is 0 Å². The molecule has 1 N–H and O–H groups in total. The summed E-state index contributed by atoms with van der Waals surface area (Å²) >= 11 is 0. The zero-order chi connectivity index (χ0) is 19.3. The number of benzene rings is 1. The van der Waals surface area contributed by atoms with E-state index in [1.54, 1.807) is 0 Å². The van der Waals surface area contributed by atoms with E-state index in [0.717, 1.165) is 23.3 Å². The van der Waals surface area contributed by atoms with Crippen LogP contribution in [-0.2, 0) is 15.2 Å². The van der Waals surface area contributed by atoms with Gasteiger partial charge in [0.1, 0.15) is 0 Å². The van der Waals surface area contributed by atoms with Gasteiger partial charge in [-0.1, -0.05) is 38.5 Å². The summed E-state index contributed by atoms with van der Waals surface area (Å²) in [6.07, 6.45) is 2.17. The van der Waals surface area contributed by atoms with E-state index in [-0.39, 0.29) is 11.1 Å². The Balaban J connectivity index is 2.35. The van der Waals surface area contributed by atoms with Gasteiger partial charge >= 0.3 is 0 Å². The van der Waals surface area contributed by atoms with Crippen molar-refractivity contribution in [3.63, 3.8) is 0 Å². The van der Waals surface area contributed by atoms with Crippen molar-refractivity contribution in [1.82, 2.24) is 0 Å². The lowest BCUT2D eigenvalue weighted by Gasteiger charge is -2.38. The molecule has 3 atom stereocenters. The topological polar surface area (TPSA) is 46.5 Å². The van der Waals surface area contributed by atoms with Crippen LogP contribution in [0.2, 0.25) is 18.1 Å². The quantitative estimate of drug-likeness (QED) is 0.606. The zero-order valence-electron chi connectivity index (χ0n) is 17.0. The lowest BCUT2D eigenvalue weighted by atomic mass is 10.1. The number of aryl methyl sites for hydroxylation is 1. The molecule has 0 spiro atoms. The lowest BCUT2D eigenvalue weighted by Crippen LogP contribution is -2.43. The van der Waals surface area contributed by atoms with Crippen LogP contribution in [0.4, 0.5) is 0 Å². The van der Waals surface area contributed by atoms with Gasteiger partial charge in [0.15, 0.2) is 8.32 Å². The maximum atomic E-state index is 12.3. The van der Waals surface area contributed by atoms with E-state index in [1.165, 1.54) is 0 Å². The van der Waals surface area contributed by atoms with E-state index in [1.807, 2.05) is 31.2 Å². The third-order valence-corrected chi connectivity index (χ3v) is 11.2. The molecule has 1 aromatic rings. The zero-order valence-corrected chi connectivity index (χ0v) is 18.8. The summed E-state index contributed by atoms with van der Waals surface area (Å²) in [5.41, 5.74) is 1.15. The van der Waals surface area contributed by atoms with Crippen LogP contribution >= 0.6 is 0 Å². The van der Waals surface area contributed by atoms with Gasteiger partial charge in [0, 0.05) is 11.0 Å². The number of rotatable bonds is 9. The minimum absolute atomic E-state index is 0.204. The van der Waals surface area contributed by atoms with E-state index >= 15 is 0 Å². The Bertz CT molecular complexity index is 549. The highest BCUT2D eigenvalue weighted by molar-refractivity contribution is 7.85. The number of aliphatic hydroxyl groups excluding tert-OH is 1. The van der Waals surface area contributed by atoms with E-state index in [2.05, 4.69) is 40.8 Å². The molecule has 0 aliphatic rings. The summed E-state index contributed by atoms with van der Waals surface area (Å²) in [5, 5.41) is 10.4. The van der Waals surface area contributed by atoms with E-state index < -0.39 is 25.2 Å². The molecule has 0 aliphatic heterocycles. The molecule has 0 fully saturated rings. The maximum Gasteiger partial charge on any atom is 0.192 e. The monoisotopic (exact) mass is 384 g/mol. The van der Waals surface area contributed by atoms with Gasteiger partial charge in [-0.25, -0.2) is 0 Å². The Kier molecular flexibility index (Phi) is 8.52. The van der Waals surface area contributed by atoms with Crippen LogP contribution in [0.5, 0.6) is 0 Å². The predicted octanol–water partition coefficient (Wildman–Crippen LogP) is 5.04. The van der Waals surface area contributed by atoms with Crippen molar-refractivity contribution >= 4 is 19.1 Å². The number of aliphatic hydroxyl groups is 1. The van der Waals surface area contributed by atoms with Crippen LogP contribution < -0.4 is 0 Å². The van der Waals surface area contributed by atoms with Crippen LogP contribution in [0.3, 0.4) is 0 Å². The van der Waals surface area contributed by atoms with Gasteiger partial charge in [-0.3, -0.25) is 4.21 Å². The lowest BCUT2D eigenvalue weighted by molar-refractivity contribution is 0.158. The first-order valence-corrected chi connectivity index (χ1v) is 13.5. The molecular formula is C20H36O3SSi. The Morgan fingerprint density at radius 2 is 1.72 bits per heavy atom. The highest BCUT2D eigenvalue weighted by Gasteiger charge is 2.38. The van der Waals surface area contributed by atoms with Crippen LogP contribution in [0, 0.1) is 6.92 Å². The summed E-state index contributed by atoms with van der Waals surface area (Å²) in [7, 11) is -2.87. The number of hydrogen-bond acceptors (Lipinski definition) is 3. The second-order valence-electron chi connectivity index (χ2n) is 8.60. The second kappa shape index (κ2) is 9.44. The van der Waals surface area contributed by atoms with Gasteiger partial charge in [0.25, 0.3) is 0 Å². The van der Waals surface area contributed by atoms with E-state index in [0.29, 0.717) is 12.2 Å². The van der Waals surface area contributed by atoms with E-state index in [9.17, 15) is 9.32 Å². The van der Waals surface area contributed by atoms with Crippen molar-refractivity contribution in [2.75, 3.05) is 5.75 Å². The summed E-state index contributed by atoms with van der Waals surface area (Å²) in [6.45, 7) is 15.4. The standard InChI is InChI=1S/C20H36O3SSi/c1-16-11-13-19(14-12-16)24(22)15-18(21)10-8-9-17(2)23-25(6,7)20(3,4)5/h11-14,17-18,21H,8-10,15H2,1-7H3/t17-,18+,24+/m0/s1. The Morgan fingerprint density at radius 3 is 2.24 bits per heavy atom. The second-order valence-corrected chi connectivity index (χ2v) is 14.9. The molecule has 0 bridgehead atoms. The predicted molar refractivity (Wildman–Crippen MR) is 110 cm³/mol. The normalized spacial score (nSPS) is 16.5. The largest absolute Gasteiger partial charge is 0.414 e. The molecule has 0 aliphatic carbocycles. The third-order valence-electron chi connectivity index (χ3n) is 5.08. The Hall–Kier alpha value is -0.493. The molecule has 0 saturated heterocycles. The summed E-state index contributed by atoms with van der Waals surface area (Å²) in [4.78, 5) is 0.791. The molecule has 3 nitrogen and oxygen atoms in total. The van der Waals surface area contributed by atoms with Crippen LogP contribution in [0.25, 0.3) is 0 Å². The molecule has 0 amide bonds. The Morgan fingerprint density at radius 1 is 1.16 bits per heavy atom. The first kappa shape index (κ1) is 22.5. The first-order valence-electron chi connectivity index (χ1n) is 9.23. The fraction of sp³-hybridized carbons (Fsp3) is 0.700. The molecule has 1 rings (SSSR count). The first-order chi connectivity index (χ1) is 11.4. The maximum absolute atomic E-state index is 12.3. The van der Waals surface area contributed by atoms with Crippen molar-refractivity contribution in [3.8, 4) is 0 Å². The van der Waals surface area contributed by atoms with Gasteiger partial charge < -0.3 is 9.53 Å². The highest BCUT2D eigenvalue weighted by Crippen LogP contribution is 2.37. The average Bonchev–Trinajstić information content (AvgIpc) is 2.45. The van der Waals surface area contributed by atoms with Crippen molar-refractivity contribution in [2.24, 2.45) is 0 Å². The minimum atomic E-state index is -1.73. The van der Waals surface area contributed by atoms with Crippen molar-refractivity contribution < 1.29 is 13.7 Å². The van der Waals surface area contributed by atoms with Crippen molar-refractivity contribution in [2.45, 2.75) is 89.1 Å². The summed E-state index contributed by atoms with van der Waals surface area (Å²) < 4.78 is 18.6.